The number of hydrogen-bond donors (Lipinski definition) is 1. The van der Waals surface area contributed by atoms with E-state index in [0.29, 0.717) is 12.5 Å². The Morgan fingerprint density at radius 1 is 1.29 bits per heavy atom. The maximum Gasteiger partial charge on any atom is 0.191 e. The van der Waals surface area contributed by atoms with Crippen molar-refractivity contribution in [2.45, 2.75) is 31.4 Å². The van der Waals surface area contributed by atoms with Crippen LogP contribution in [0.1, 0.15) is 19.3 Å². The minimum atomic E-state index is 0.240. The molecule has 0 radical (unpaired) electrons. The first-order valence-corrected chi connectivity index (χ1v) is 6.73. The van der Waals surface area contributed by atoms with Gasteiger partial charge < -0.3 is 15.4 Å². The van der Waals surface area contributed by atoms with Gasteiger partial charge in [-0.05, 0) is 19.3 Å². The van der Waals surface area contributed by atoms with E-state index in [1.165, 1.54) is 19.3 Å². The first kappa shape index (κ1) is 11.3. The van der Waals surface area contributed by atoms with Crippen LogP contribution in [0.15, 0.2) is 4.99 Å². The van der Waals surface area contributed by atoms with Gasteiger partial charge in [-0.1, -0.05) is 0 Å². The van der Waals surface area contributed by atoms with Crippen LogP contribution >= 0.6 is 0 Å². The Hall–Kier alpha value is -0.810. The van der Waals surface area contributed by atoms with Crippen LogP contribution in [-0.2, 0) is 4.74 Å². The van der Waals surface area contributed by atoms with E-state index in [0.717, 1.165) is 38.8 Å². The fourth-order valence-electron chi connectivity index (χ4n) is 2.46. The second kappa shape index (κ2) is 4.82. The van der Waals surface area contributed by atoms with E-state index >= 15 is 0 Å². The van der Waals surface area contributed by atoms with Gasteiger partial charge in [0.2, 0.25) is 0 Å². The molecule has 96 valence electrons. The molecule has 1 aliphatic carbocycles. The van der Waals surface area contributed by atoms with Crippen molar-refractivity contribution in [3.8, 4) is 0 Å². The van der Waals surface area contributed by atoms with E-state index in [1.807, 2.05) is 0 Å². The topological polar surface area (TPSA) is 54.1 Å². The largest absolute Gasteiger partial charge is 0.374 e. The summed E-state index contributed by atoms with van der Waals surface area (Å²) in [7, 11) is 0. The highest BCUT2D eigenvalue weighted by Crippen LogP contribution is 2.28. The maximum absolute atomic E-state index is 5.91. The third-order valence-corrected chi connectivity index (χ3v) is 3.87. The lowest BCUT2D eigenvalue weighted by molar-refractivity contribution is -0.0260. The summed E-state index contributed by atoms with van der Waals surface area (Å²) in [4.78, 5) is 9.12. The number of ether oxygens (including phenoxy) is 1. The van der Waals surface area contributed by atoms with Crippen molar-refractivity contribution in [3.63, 3.8) is 0 Å². The van der Waals surface area contributed by atoms with Crippen molar-refractivity contribution in [1.29, 1.82) is 0 Å². The third kappa shape index (κ3) is 2.72. The standard InChI is InChI=1S/C12H22N4O/c13-12(15-4-1-5-15)14-8-11-9-16(6-7-17-11)10-2-3-10/h10-11H,1-9H2,(H2,13,14). The van der Waals surface area contributed by atoms with Crippen LogP contribution < -0.4 is 5.73 Å². The molecule has 3 aliphatic rings. The number of nitrogens with two attached hydrogens (primary N) is 1. The number of hydrogen-bond acceptors (Lipinski definition) is 3. The average Bonchev–Trinajstić information content (AvgIpc) is 3.08. The molecule has 17 heavy (non-hydrogen) atoms. The Labute approximate surface area is 103 Å². The summed E-state index contributed by atoms with van der Waals surface area (Å²) in [6.45, 7) is 5.81. The number of rotatable bonds is 3. The molecule has 0 spiro atoms. The molecule has 0 aromatic heterocycles. The second-order valence-electron chi connectivity index (χ2n) is 5.26. The number of nitrogens with zero attached hydrogens (tertiary/aromatic N) is 3. The van der Waals surface area contributed by atoms with Crippen molar-refractivity contribution in [2.75, 3.05) is 39.3 Å². The van der Waals surface area contributed by atoms with E-state index in [2.05, 4.69) is 14.8 Å². The minimum Gasteiger partial charge on any atom is -0.374 e. The molecule has 2 aliphatic heterocycles. The summed E-state index contributed by atoms with van der Waals surface area (Å²) in [5, 5.41) is 0. The first-order chi connectivity index (χ1) is 8.33. The minimum absolute atomic E-state index is 0.240. The number of guanidine groups is 1. The molecule has 5 heteroatoms. The lowest BCUT2D eigenvalue weighted by Crippen LogP contribution is -2.48. The lowest BCUT2D eigenvalue weighted by atomic mass is 10.2. The highest BCUT2D eigenvalue weighted by atomic mass is 16.5. The summed E-state index contributed by atoms with van der Waals surface area (Å²) >= 11 is 0. The van der Waals surface area contributed by atoms with Crippen LogP contribution in [0.2, 0.25) is 0 Å². The molecule has 1 unspecified atom stereocenters. The van der Waals surface area contributed by atoms with Crippen molar-refractivity contribution in [1.82, 2.24) is 9.80 Å². The summed E-state index contributed by atoms with van der Waals surface area (Å²) in [6, 6.07) is 0.832. The average molecular weight is 238 g/mol. The monoisotopic (exact) mass is 238 g/mol. The number of morpholine rings is 1. The van der Waals surface area contributed by atoms with Crippen LogP contribution in [0.5, 0.6) is 0 Å². The van der Waals surface area contributed by atoms with E-state index in [9.17, 15) is 0 Å². The molecule has 3 fully saturated rings. The summed E-state index contributed by atoms with van der Waals surface area (Å²) in [5.41, 5.74) is 5.91. The lowest BCUT2D eigenvalue weighted by Gasteiger charge is -2.34. The van der Waals surface area contributed by atoms with Crippen LogP contribution in [-0.4, -0.2) is 67.2 Å². The molecule has 0 bridgehead atoms. The zero-order chi connectivity index (χ0) is 11.7. The van der Waals surface area contributed by atoms with Crippen molar-refractivity contribution >= 4 is 5.96 Å². The molecule has 1 atom stereocenters. The molecule has 2 N–H and O–H groups in total. The first-order valence-electron chi connectivity index (χ1n) is 6.73. The molecular weight excluding hydrogens is 216 g/mol. The van der Waals surface area contributed by atoms with Gasteiger partial charge in [0.25, 0.3) is 0 Å². The summed E-state index contributed by atoms with van der Waals surface area (Å²) in [5.74, 6) is 0.698. The van der Waals surface area contributed by atoms with Gasteiger partial charge in [0.1, 0.15) is 0 Å². The van der Waals surface area contributed by atoms with Gasteiger partial charge >= 0.3 is 0 Å². The number of likely N-dealkylation sites (tertiary alicyclic amines) is 1. The Morgan fingerprint density at radius 3 is 2.76 bits per heavy atom. The van der Waals surface area contributed by atoms with Crippen LogP contribution in [0, 0.1) is 0 Å². The van der Waals surface area contributed by atoms with Gasteiger partial charge in [-0.25, -0.2) is 0 Å². The Bertz CT molecular complexity index is 299. The Kier molecular flexibility index (Phi) is 3.20. The van der Waals surface area contributed by atoms with Crippen LogP contribution in [0.3, 0.4) is 0 Å². The van der Waals surface area contributed by atoms with E-state index < -0.39 is 0 Å². The molecule has 2 saturated heterocycles. The second-order valence-corrected chi connectivity index (χ2v) is 5.26. The summed E-state index contributed by atoms with van der Waals surface area (Å²) < 4.78 is 5.75. The van der Waals surface area contributed by atoms with Crippen molar-refractivity contribution < 1.29 is 4.74 Å². The third-order valence-electron chi connectivity index (χ3n) is 3.87. The quantitative estimate of drug-likeness (QED) is 0.550. The van der Waals surface area contributed by atoms with E-state index in [1.54, 1.807) is 0 Å². The molecule has 1 saturated carbocycles. The maximum atomic E-state index is 5.91. The zero-order valence-corrected chi connectivity index (χ0v) is 10.3. The highest BCUT2D eigenvalue weighted by Gasteiger charge is 2.32. The molecule has 0 aromatic rings. The van der Waals surface area contributed by atoms with Gasteiger partial charge in [-0.2, -0.15) is 0 Å². The fraction of sp³-hybridized carbons (Fsp3) is 0.917. The van der Waals surface area contributed by atoms with Crippen LogP contribution in [0.4, 0.5) is 0 Å². The zero-order valence-electron chi connectivity index (χ0n) is 10.3. The Morgan fingerprint density at radius 2 is 2.12 bits per heavy atom. The molecular formula is C12H22N4O. The van der Waals surface area contributed by atoms with E-state index in [-0.39, 0.29) is 6.10 Å². The van der Waals surface area contributed by atoms with Gasteiger partial charge in [-0.15, -0.1) is 0 Å². The van der Waals surface area contributed by atoms with E-state index in [4.69, 9.17) is 10.5 Å². The van der Waals surface area contributed by atoms with Gasteiger partial charge in [0.05, 0.1) is 19.3 Å². The smallest absolute Gasteiger partial charge is 0.191 e. The van der Waals surface area contributed by atoms with Crippen molar-refractivity contribution in [3.05, 3.63) is 0 Å². The highest BCUT2D eigenvalue weighted by molar-refractivity contribution is 5.78. The normalized spacial score (nSPS) is 31.4. The van der Waals surface area contributed by atoms with Gasteiger partial charge in [-0.3, -0.25) is 9.89 Å². The molecule has 0 aromatic carbocycles. The molecule has 3 rings (SSSR count). The summed E-state index contributed by atoms with van der Waals surface area (Å²) in [6.07, 6.45) is 4.22. The van der Waals surface area contributed by atoms with Gasteiger partial charge in [0, 0.05) is 32.2 Å². The molecule has 5 nitrogen and oxygen atoms in total. The predicted molar refractivity (Wildman–Crippen MR) is 67.0 cm³/mol. The molecule has 0 amide bonds. The fourth-order valence-corrected chi connectivity index (χ4v) is 2.46. The molecule has 2 heterocycles. The Balaban J connectivity index is 1.47. The predicted octanol–water partition coefficient (Wildman–Crippen LogP) is -0.130. The number of aliphatic imine (C=N–C) groups is 1. The van der Waals surface area contributed by atoms with Crippen molar-refractivity contribution in [2.24, 2.45) is 10.7 Å². The SMILES string of the molecule is NC(=NCC1CN(C2CC2)CCO1)N1CCC1. The van der Waals surface area contributed by atoms with Gasteiger partial charge in [0.15, 0.2) is 5.96 Å². The van der Waals surface area contributed by atoms with Crippen LogP contribution in [0.25, 0.3) is 0 Å².